The average Bonchev–Trinajstić information content (AvgIpc) is 2.75. The Hall–Kier alpha value is -3.08. The molecule has 1 heterocycles. The minimum atomic E-state index is -0.323. The lowest BCUT2D eigenvalue weighted by Gasteiger charge is -2.25. The van der Waals surface area contributed by atoms with Crippen molar-refractivity contribution in [1.29, 1.82) is 0 Å². The molecule has 1 atom stereocenters. The van der Waals surface area contributed by atoms with Gasteiger partial charge in [0.15, 0.2) is 11.5 Å². The van der Waals surface area contributed by atoms with Crippen molar-refractivity contribution in [2.75, 3.05) is 46.0 Å². The summed E-state index contributed by atoms with van der Waals surface area (Å²) < 4.78 is 21.9. The van der Waals surface area contributed by atoms with Gasteiger partial charge in [-0.15, -0.1) is 6.42 Å². The third-order valence-electron chi connectivity index (χ3n) is 4.72. The second kappa shape index (κ2) is 10.1. The fourth-order valence-electron chi connectivity index (χ4n) is 3.09. The van der Waals surface area contributed by atoms with Crippen molar-refractivity contribution in [2.45, 2.75) is 13.3 Å². The maximum atomic E-state index is 5.89. The van der Waals surface area contributed by atoms with Gasteiger partial charge in [0.1, 0.15) is 25.4 Å². The minimum absolute atomic E-state index is 0.323. The van der Waals surface area contributed by atoms with Crippen LogP contribution in [0.3, 0.4) is 0 Å². The number of fused-ring (bicyclic) bond motifs is 1. The van der Waals surface area contributed by atoms with Gasteiger partial charge in [0.05, 0.1) is 24.1 Å². The first-order valence-electron chi connectivity index (χ1n) is 9.74. The van der Waals surface area contributed by atoms with Crippen LogP contribution >= 0.6 is 0 Å². The summed E-state index contributed by atoms with van der Waals surface area (Å²) in [5.41, 5.74) is 1.40. The van der Waals surface area contributed by atoms with Crippen molar-refractivity contribution in [3.63, 3.8) is 0 Å². The van der Waals surface area contributed by atoms with Crippen molar-refractivity contribution in [1.82, 2.24) is 9.97 Å². The number of nitrogens with zero attached hydrogens (tertiary/aromatic N) is 2. The first-order chi connectivity index (χ1) is 14.6. The molecular weight excluding hydrogens is 382 g/mol. The smallest absolute Gasteiger partial charge is 0.163 e. The van der Waals surface area contributed by atoms with E-state index in [0.717, 1.165) is 16.6 Å². The quantitative estimate of drug-likeness (QED) is 0.475. The zero-order valence-corrected chi connectivity index (χ0v) is 17.6. The molecule has 0 fully saturated rings. The van der Waals surface area contributed by atoms with Crippen molar-refractivity contribution < 1.29 is 18.9 Å². The fraction of sp³-hybridized carbons (Fsp3) is 0.391. The van der Waals surface area contributed by atoms with Gasteiger partial charge in [-0.25, -0.2) is 9.97 Å². The van der Waals surface area contributed by atoms with E-state index in [2.05, 4.69) is 21.2 Å². The number of hydrogen-bond donors (Lipinski definition) is 1. The number of anilines is 1. The van der Waals surface area contributed by atoms with E-state index in [1.807, 2.05) is 37.3 Å². The molecule has 1 aromatic carbocycles. The predicted molar refractivity (Wildman–Crippen MR) is 117 cm³/mol. The maximum Gasteiger partial charge on any atom is 0.163 e. The number of aromatic nitrogens is 2. The number of benzene rings is 1. The van der Waals surface area contributed by atoms with Crippen LogP contribution in [0.1, 0.15) is 13.3 Å². The van der Waals surface area contributed by atoms with Crippen molar-refractivity contribution >= 4 is 16.7 Å². The molecule has 7 heteroatoms. The number of ether oxygens (including phenoxy) is 4. The van der Waals surface area contributed by atoms with Crippen LogP contribution in [0.15, 0.2) is 42.4 Å². The summed E-state index contributed by atoms with van der Waals surface area (Å²) >= 11 is 0. The highest BCUT2D eigenvalue weighted by Crippen LogP contribution is 2.36. The topological polar surface area (TPSA) is 74.7 Å². The summed E-state index contributed by atoms with van der Waals surface area (Å²) in [5.74, 6) is 4.72. The Kier molecular flexibility index (Phi) is 7.28. The summed E-state index contributed by atoms with van der Waals surface area (Å²) in [6, 6.07) is 3.73. The highest BCUT2D eigenvalue weighted by atomic mass is 16.5. The molecule has 1 aromatic heterocycles. The second-order valence-corrected chi connectivity index (χ2v) is 7.14. The van der Waals surface area contributed by atoms with Gasteiger partial charge >= 0.3 is 0 Å². The van der Waals surface area contributed by atoms with E-state index in [0.29, 0.717) is 50.2 Å². The molecule has 1 aliphatic carbocycles. The molecule has 0 bridgehead atoms. The van der Waals surface area contributed by atoms with Crippen molar-refractivity contribution in [2.24, 2.45) is 5.41 Å². The van der Waals surface area contributed by atoms with Crippen LogP contribution in [0, 0.1) is 17.8 Å². The summed E-state index contributed by atoms with van der Waals surface area (Å²) in [5, 5.41) is 4.22. The van der Waals surface area contributed by atoms with Gasteiger partial charge in [-0.1, -0.05) is 18.1 Å². The summed E-state index contributed by atoms with van der Waals surface area (Å²) in [6.07, 6.45) is 13.9. The Morgan fingerprint density at radius 3 is 2.43 bits per heavy atom. The number of rotatable bonds is 10. The highest BCUT2D eigenvalue weighted by molar-refractivity contribution is 5.92. The Morgan fingerprint density at radius 2 is 1.77 bits per heavy atom. The lowest BCUT2D eigenvalue weighted by molar-refractivity contribution is 0.132. The molecule has 0 radical (unpaired) electrons. The lowest BCUT2D eigenvalue weighted by Crippen LogP contribution is -2.17. The van der Waals surface area contributed by atoms with Crippen LogP contribution < -0.4 is 14.8 Å². The minimum Gasteiger partial charge on any atom is -0.487 e. The molecule has 0 saturated heterocycles. The van der Waals surface area contributed by atoms with Crippen LogP contribution in [-0.2, 0) is 9.47 Å². The summed E-state index contributed by atoms with van der Waals surface area (Å²) in [6.45, 7) is 3.78. The molecule has 1 aliphatic rings. The molecule has 1 N–H and O–H groups in total. The van der Waals surface area contributed by atoms with E-state index in [4.69, 9.17) is 25.4 Å². The molecule has 0 amide bonds. The summed E-state index contributed by atoms with van der Waals surface area (Å²) in [7, 11) is 3.26. The normalized spacial score (nSPS) is 18.0. The van der Waals surface area contributed by atoms with Gasteiger partial charge in [0.25, 0.3) is 0 Å². The third kappa shape index (κ3) is 5.29. The van der Waals surface area contributed by atoms with E-state index < -0.39 is 0 Å². The Morgan fingerprint density at radius 1 is 1.07 bits per heavy atom. The van der Waals surface area contributed by atoms with Gasteiger partial charge in [-0.05, 0) is 19.1 Å². The predicted octanol–water partition coefficient (Wildman–Crippen LogP) is 3.58. The van der Waals surface area contributed by atoms with Gasteiger partial charge < -0.3 is 24.3 Å². The third-order valence-corrected chi connectivity index (χ3v) is 4.72. The molecule has 0 saturated carbocycles. The van der Waals surface area contributed by atoms with E-state index >= 15 is 0 Å². The van der Waals surface area contributed by atoms with Crippen LogP contribution in [-0.4, -0.2) is 50.6 Å². The highest BCUT2D eigenvalue weighted by Gasteiger charge is 2.23. The number of allylic oxidation sites excluding steroid dienone is 4. The number of hydrogen-bond acceptors (Lipinski definition) is 7. The molecule has 30 heavy (non-hydrogen) atoms. The van der Waals surface area contributed by atoms with Crippen molar-refractivity contribution in [3.05, 3.63) is 42.4 Å². The van der Waals surface area contributed by atoms with E-state index in [-0.39, 0.29) is 5.41 Å². The van der Waals surface area contributed by atoms with Gasteiger partial charge in [0, 0.05) is 37.8 Å². The first-order valence-corrected chi connectivity index (χ1v) is 9.74. The molecule has 0 aliphatic heterocycles. The number of nitrogens with one attached hydrogen (secondary N) is 1. The SMILES string of the molecule is C#CC1(C)C=CC=C(Nc2ncnc3cc(OCCOC)c(OCCOC)cc23)C1. The van der Waals surface area contributed by atoms with E-state index in [1.54, 1.807) is 14.2 Å². The molecule has 2 aromatic rings. The molecule has 1 unspecified atom stereocenters. The standard InChI is InChI=1S/C23H27N3O4/c1-5-23(2)8-6-7-17(15-23)26-22-18-13-20(29-11-9-27-3)21(30-12-10-28-4)14-19(18)24-16-25-22/h1,6-8,13-14,16H,9-12,15H2,2-4H3,(H,24,25,26). The van der Waals surface area contributed by atoms with Gasteiger partial charge in [0.2, 0.25) is 0 Å². The average molecular weight is 409 g/mol. The molecule has 7 nitrogen and oxygen atoms in total. The van der Waals surface area contributed by atoms with Crippen LogP contribution in [0.5, 0.6) is 11.5 Å². The Bertz CT molecular complexity index is 980. The van der Waals surface area contributed by atoms with Crippen LogP contribution in [0.2, 0.25) is 0 Å². The molecular formula is C23H27N3O4. The van der Waals surface area contributed by atoms with Crippen molar-refractivity contribution in [3.8, 4) is 23.8 Å². The molecule has 0 spiro atoms. The zero-order valence-electron chi connectivity index (χ0n) is 17.6. The van der Waals surface area contributed by atoms with Crippen LogP contribution in [0.4, 0.5) is 5.82 Å². The zero-order chi connectivity index (χ0) is 21.4. The maximum absolute atomic E-state index is 5.89. The Labute approximate surface area is 177 Å². The first kappa shape index (κ1) is 21.6. The van der Waals surface area contributed by atoms with E-state index in [1.165, 1.54) is 6.33 Å². The lowest BCUT2D eigenvalue weighted by atomic mass is 9.83. The number of methoxy groups -OCH3 is 2. The van der Waals surface area contributed by atoms with E-state index in [9.17, 15) is 0 Å². The monoisotopic (exact) mass is 409 g/mol. The number of terminal acetylenes is 1. The van der Waals surface area contributed by atoms with Gasteiger partial charge in [-0.3, -0.25) is 0 Å². The van der Waals surface area contributed by atoms with Gasteiger partial charge in [-0.2, -0.15) is 0 Å². The second-order valence-electron chi connectivity index (χ2n) is 7.14. The molecule has 158 valence electrons. The summed E-state index contributed by atoms with van der Waals surface area (Å²) in [4.78, 5) is 8.84. The molecule has 3 rings (SSSR count). The fourth-order valence-corrected chi connectivity index (χ4v) is 3.09. The largest absolute Gasteiger partial charge is 0.487 e. The van der Waals surface area contributed by atoms with Crippen LogP contribution in [0.25, 0.3) is 10.9 Å². The Balaban J connectivity index is 1.92.